The van der Waals surface area contributed by atoms with E-state index >= 15 is 0 Å². The fourth-order valence-corrected chi connectivity index (χ4v) is 2.86. The maximum Gasteiger partial charge on any atom is 0.278 e. The van der Waals surface area contributed by atoms with Gasteiger partial charge in [0, 0.05) is 20.6 Å². The number of anilines is 4. The van der Waals surface area contributed by atoms with E-state index in [1.165, 1.54) is 12.6 Å². The first kappa shape index (κ1) is 14.4. The van der Waals surface area contributed by atoms with E-state index in [0.717, 1.165) is 21.5 Å². The number of hydrogen-bond donors (Lipinski definition) is 0. The van der Waals surface area contributed by atoms with E-state index in [-0.39, 0.29) is 5.56 Å². The fraction of sp³-hybridized carbons (Fsp3) is 0.375. The van der Waals surface area contributed by atoms with Crippen molar-refractivity contribution in [2.45, 2.75) is 20.8 Å². The summed E-state index contributed by atoms with van der Waals surface area (Å²) in [5.41, 5.74) is 4.40. The molecule has 0 saturated heterocycles. The minimum absolute atomic E-state index is 0.312. The Kier molecular flexibility index (Phi) is 3.12. The third kappa shape index (κ3) is 1.80. The smallest absolute Gasteiger partial charge is 0.278 e. The maximum atomic E-state index is 12.6. The molecule has 0 saturated carbocycles. The van der Waals surface area contributed by atoms with Crippen LogP contribution in [0.15, 0.2) is 16.9 Å². The van der Waals surface area contributed by atoms with Crippen molar-refractivity contribution in [1.29, 1.82) is 0 Å². The van der Waals surface area contributed by atoms with Crippen LogP contribution in [-0.2, 0) is 7.05 Å². The Morgan fingerprint density at radius 1 is 1.14 bits per heavy atom. The molecule has 0 bridgehead atoms. The molecule has 1 aromatic carbocycles. The van der Waals surface area contributed by atoms with Crippen molar-refractivity contribution >= 4 is 22.9 Å². The first-order valence-electron chi connectivity index (χ1n) is 7.27. The largest absolute Gasteiger partial charge is 0.846 e. The van der Waals surface area contributed by atoms with Crippen molar-refractivity contribution in [3.05, 3.63) is 33.6 Å². The highest BCUT2D eigenvalue weighted by Gasteiger charge is 2.30. The predicted octanol–water partition coefficient (Wildman–Crippen LogP) is 1.71. The zero-order valence-corrected chi connectivity index (χ0v) is 13.5. The highest BCUT2D eigenvalue weighted by molar-refractivity contribution is 5.91. The highest BCUT2D eigenvalue weighted by Crippen LogP contribution is 2.45. The molecule has 116 valence electrons. The molecular formula is C16H19N4O2-. The maximum absolute atomic E-state index is 12.6. The molecule has 1 aromatic heterocycles. The zero-order chi connectivity index (χ0) is 16.2. The van der Waals surface area contributed by atoms with Crippen molar-refractivity contribution in [1.82, 2.24) is 9.55 Å². The summed E-state index contributed by atoms with van der Waals surface area (Å²) in [7, 11) is 3.30. The molecular weight excluding hydrogens is 280 g/mol. The number of aromatic nitrogens is 2. The molecule has 0 radical (unpaired) electrons. The topological polar surface area (TPSA) is 64.4 Å². The third-order valence-corrected chi connectivity index (χ3v) is 4.35. The fourth-order valence-electron chi connectivity index (χ4n) is 2.86. The van der Waals surface area contributed by atoms with Gasteiger partial charge in [-0.25, -0.2) is 4.98 Å². The van der Waals surface area contributed by atoms with E-state index < -0.39 is 6.01 Å². The molecule has 0 unspecified atom stereocenters. The Bertz CT molecular complexity index is 826. The van der Waals surface area contributed by atoms with Crippen LogP contribution in [0.3, 0.4) is 0 Å². The van der Waals surface area contributed by atoms with Crippen molar-refractivity contribution < 1.29 is 5.11 Å². The van der Waals surface area contributed by atoms with Gasteiger partial charge in [0.1, 0.15) is 0 Å². The van der Waals surface area contributed by atoms with Crippen LogP contribution in [0.1, 0.15) is 18.1 Å². The highest BCUT2D eigenvalue weighted by atomic mass is 16.3. The molecule has 0 atom stereocenters. The first-order chi connectivity index (χ1) is 10.4. The SMILES string of the molecule is CCN1c2cc(C)c(C)cc2N(C)c2nc([O-])n(C)c(=O)c21. The molecule has 6 nitrogen and oxygen atoms in total. The van der Waals surface area contributed by atoms with Gasteiger partial charge in [0.2, 0.25) is 0 Å². The van der Waals surface area contributed by atoms with Crippen LogP contribution in [0.25, 0.3) is 0 Å². The summed E-state index contributed by atoms with van der Waals surface area (Å²) >= 11 is 0. The van der Waals surface area contributed by atoms with Crippen LogP contribution in [0, 0.1) is 13.8 Å². The van der Waals surface area contributed by atoms with Gasteiger partial charge >= 0.3 is 0 Å². The van der Waals surface area contributed by atoms with Crippen LogP contribution in [0.2, 0.25) is 0 Å². The number of benzene rings is 1. The predicted molar refractivity (Wildman–Crippen MR) is 85.6 cm³/mol. The lowest BCUT2D eigenvalue weighted by atomic mass is 10.0. The number of fused-ring (bicyclic) bond motifs is 2. The van der Waals surface area contributed by atoms with Crippen LogP contribution >= 0.6 is 0 Å². The molecule has 2 heterocycles. The lowest BCUT2D eigenvalue weighted by molar-refractivity contribution is -0.286. The molecule has 6 heteroatoms. The Labute approximate surface area is 129 Å². The van der Waals surface area contributed by atoms with Crippen molar-refractivity contribution in [3.63, 3.8) is 0 Å². The summed E-state index contributed by atoms with van der Waals surface area (Å²) in [4.78, 5) is 20.4. The second-order valence-electron chi connectivity index (χ2n) is 5.66. The number of rotatable bonds is 1. The van der Waals surface area contributed by atoms with Gasteiger partial charge in [0.05, 0.1) is 17.4 Å². The zero-order valence-electron chi connectivity index (χ0n) is 13.5. The molecule has 0 fully saturated rings. The molecule has 1 aliphatic heterocycles. The number of aryl methyl sites for hydroxylation is 2. The lowest BCUT2D eigenvalue weighted by Gasteiger charge is -2.38. The van der Waals surface area contributed by atoms with E-state index in [0.29, 0.717) is 18.1 Å². The molecule has 22 heavy (non-hydrogen) atoms. The third-order valence-electron chi connectivity index (χ3n) is 4.35. The van der Waals surface area contributed by atoms with Crippen molar-refractivity contribution in [2.75, 3.05) is 23.4 Å². The van der Waals surface area contributed by atoms with Gasteiger partial charge in [-0.1, -0.05) is 0 Å². The van der Waals surface area contributed by atoms with Crippen LogP contribution in [-0.4, -0.2) is 23.1 Å². The van der Waals surface area contributed by atoms with Crippen LogP contribution < -0.4 is 20.5 Å². The summed E-state index contributed by atoms with van der Waals surface area (Å²) in [5.74, 6) is 0.422. The van der Waals surface area contributed by atoms with Gasteiger partial charge in [-0.05, 0) is 44.0 Å². The minimum Gasteiger partial charge on any atom is -0.846 e. The lowest BCUT2D eigenvalue weighted by Crippen LogP contribution is -2.36. The Hall–Kier alpha value is -2.50. The van der Waals surface area contributed by atoms with E-state index in [2.05, 4.69) is 24.0 Å². The molecule has 0 spiro atoms. The van der Waals surface area contributed by atoms with Crippen molar-refractivity contribution in [2.24, 2.45) is 7.05 Å². The molecule has 0 aliphatic carbocycles. The second kappa shape index (κ2) is 4.76. The van der Waals surface area contributed by atoms with Gasteiger partial charge in [0.25, 0.3) is 5.56 Å². The van der Waals surface area contributed by atoms with Gasteiger partial charge in [0.15, 0.2) is 11.5 Å². The quantitative estimate of drug-likeness (QED) is 0.802. The van der Waals surface area contributed by atoms with E-state index in [1.807, 2.05) is 30.7 Å². The molecule has 2 aromatic rings. The standard InChI is InChI=1S/C16H20N4O2/c1-6-20-12-8-10(3)9(2)7-11(12)18(4)14-13(20)15(21)19(5)16(22)17-14/h7-8H,6H2,1-5H3,(H,17,22)/p-1. The minimum atomic E-state index is -0.529. The van der Waals surface area contributed by atoms with Gasteiger partial charge < -0.3 is 19.5 Å². The molecule has 0 N–H and O–H groups in total. The normalized spacial score (nSPS) is 13.1. The summed E-state index contributed by atoms with van der Waals surface area (Å²) in [6.45, 7) is 6.71. The first-order valence-corrected chi connectivity index (χ1v) is 7.27. The van der Waals surface area contributed by atoms with Crippen LogP contribution in [0.5, 0.6) is 6.01 Å². The Morgan fingerprint density at radius 2 is 1.73 bits per heavy atom. The van der Waals surface area contributed by atoms with Gasteiger partial charge in [-0.15, -0.1) is 0 Å². The average Bonchev–Trinajstić information content (AvgIpc) is 2.49. The number of hydrogen-bond acceptors (Lipinski definition) is 5. The molecule has 1 aliphatic rings. The van der Waals surface area contributed by atoms with Gasteiger partial charge in [-0.2, -0.15) is 0 Å². The van der Waals surface area contributed by atoms with E-state index in [1.54, 1.807) is 0 Å². The summed E-state index contributed by atoms with van der Waals surface area (Å²) in [6.07, 6.45) is 0. The van der Waals surface area contributed by atoms with E-state index in [9.17, 15) is 9.90 Å². The number of nitrogens with zero attached hydrogens (tertiary/aromatic N) is 4. The Balaban J connectivity index is 2.37. The average molecular weight is 299 g/mol. The van der Waals surface area contributed by atoms with Crippen LogP contribution in [0.4, 0.5) is 22.9 Å². The Morgan fingerprint density at radius 3 is 2.32 bits per heavy atom. The summed E-state index contributed by atoms with van der Waals surface area (Å²) < 4.78 is 1.06. The van der Waals surface area contributed by atoms with Gasteiger partial charge in [-0.3, -0.25) is 4.79 Å². The molecule has 3 rings (SSSR count). The molecule has 0 amide bonds. The summed E-state index contributed by atoms with van der Waals surface area (Å²) in [5, 5.41) is 11.9. The second-order valence-corrected chi connectivity index (χ2v) is 5.66. The summed E-state index contributed by atoms with van der Waals surface area (Å²) in [6, 6.07) is 3.62. The monoisotopic (exact) mass is 299 g/mol. The van der Waals surface area contributed by atoms with E-state index in [4.69, 9.17) is 0 Å². The van der Waals surface area contributed by atoms with Crippen molar-refractivity contribution in [3.8, 4) is 6.01 Å².